The number of carbonyl (C=O) groups excluding carboxylic acids is 2. The third kappa shape index (κ3) is 2.86. The molecule has 11 heteroatoms. The van der Waals surface area contributed by atoms with Crippen molar-refractivity contribution in [2.75, 3.05) is 11.9 Å². The number of rotatable bonds is 4. The average Bonchev–Trinajstić information content (AvgIpc) is 3.38. The number of amides is 2. The number of fused-ring (bicyclic) bond motifs is 1. The first-order valence-electron chi connectivity index (χ1n) is 8.58. The zero-order valence-electron chi connectivity index (χ0n) is 15.0. The Kier molecular flexibility index (Phi) is 3.98. The van der Waals surface area contributed by atoms with Crippen LogP contribution in [0.4, 0.5) is 5.82 Å². The second-order valence-corrected chi connectivity index (χ2v) is 6.34. The minimum atomic E-state index is -0.739. The molecule has 2 amide bonds. The van der Waals surface area contributed by atoms with Crippen molar-refractivity contribution >= 4 is 17.6 Å². The monoisotopic (exact) mass is 369 g/mol. The first kappa shape index (κ1) is 16.9. The number of aromatic amines is 1. The molecule has 27 heavy (non-hydrogen) atoms. The van der Waals surface area contributed by atoms with E-state index in [-0.39, 0.29) is 11.7 Å². The molecule has 1 atom stereocenters. The van der Waals surface area contributed by atoms with Gasteiger partial charge in [-0.05, 0) is 13.3 Å². The number of H-pyrrole nitrogens is 1. The van der Waals surface area contributed by atoms with Gasteiger partial charge in [0.05, 0.1) is 17.8 Å². The van der Waals surface area contributed by atoms with Crippen LogP contribution < -0.4 is 10.6 Å². The van der Waals surface area contributed by atoms with Gasteiger partial charge >= 0.3 is 0 Å². The van der Waals surface area contributed by atoms with Gasteiger partial charge in [-0.15, -0.1) is 5.10 Å². The summed E-state index contributed by atoms with van der Waals surface area (Å²) in [6, 6.07) is 1.87. The predicted octanol–water partition coefficient (Wildman–Crippen LogP) is 0.134. The summed E-state index contributed by atoms with van der Waals surface area (Å²) in [7, 11) is 1.69. The molecule has 3 N–H and O–H groups in total. The molecule has 11 nitrogen and oxygen atoms in total. The van der Waals surface area contributed by atoms with Gasteiger partial charge in [-0.25, -0.2) is 9.67 Å². The van der Waals surface area contributed by atoms with E-state index < -0.39 is 11.8 Å². The molecule has 0 fully saturated rings. The number of aromatic nitrogens is 7. The van der Waals surface area contributed by atoms with Crippen LogP contribution in [0.3, 0.4) is 0 Å². The van der Waals surface area contributed by atoms with E-state index in [0.717, 1.165) is 17.8 Å². The van der Waals surface area contributed by atoms with Crippen LogP contribution in [0.15, 0.2) is 18.5 Å². The van der Waals surface area contributed by atoms with Crippen molar-refractivity contribution in [1.29, 1.82) is 0 Å². The molecule has 0 saturated carbocycles. The van der Waals surface area contributed by atoms with Crippen LogP contribution in [0, 0.1) is 0 Å². The Morgan fingerprint density at radius 2 is 2.26 bits per heavy atom. The average molecular weight is 369 g/mol. The first-order valence-corrected chi connectivity index (χ1v) is 8.58. The van der Waals surface area contributed by atoms with Crippen LogP contribution in [0.1, 0.15) is 35.7 Å². The number of hydrogen-bond donors (Lipinski definition) is 2. The molecule has 0 radical (unpaired) electrons. The Morgan fingerprint density at radius 1 is 1.44 bits per heavy atom. The summed E-state index contributed by atoms with van der Waals surface area (Å²) in [5, 5.41) is 15.3. The largest absolute Gasteiger partial charge is 0.363 e. The van der Waals surface area contributed by atoms with Crippen LogP contribution in [0.2, 0.25) is 0 Å². The zero-order chi connectivity index (χ0) is 19.1. The maximum atomic E-state index is 12.9. The van der Waals surface area contributed by atoms with Gasteiger partial charge in [0, 0.05) is 38.0 Å². The van der Waals surface area contributed by atoms with Crippen molar-refractivity contribution in [3.05, 3.63) is 30.1 Å². The second kappa shape index (κ2) is 6.34. The quantitative estimate of drug-likeness (QED) is 0.670. The lowest BCUT2D eigenvalue weighted by molar-refractivity contribution is -0.119. The highest BCUT2D eigenvalue weighted by Crippen LogP contribution is 2.31. The van der Waals surface area contributed by atoms with Gasteiger partial charge in [0.25, 0.3) is 5.91 Å². The number of nitrogens with two attached hydrogens (primary N) is 1. The van der Waals surface area contributed by atoms with E-state index in [1.165, 1.54) is 0 Å². The Labute approximate surface area is 154 Å². The number of primary amides is 1. The molecule has 140 valence electrons. The molecule has 0 saturated heterocycles. The van der Waals surface area contributed by atoms with Crippen LogP contribution in [0.5, 0.6) is 0 Å². The smallest absolute Gasteiger partial charge is 0.288 e. The molecule has 0 aromatic carbocycles. The molecule has 3 aromatic heterocycles. The van der Waals surface area contributed by atoms with Gasteiger partial charge < -0.3 is 5.73 Å². The van der Waals surface area contributed by atoms with E-state index in [0.29, 0.717) is 24.6 Å². The van der Waals surface area contributed by atoms with Crippen molar-refractivity contribution in [2.45, 2.75) is 32.4 Å². The molecule has 0 bridgehead atoms. The highest BCUT2D eigenvalue weighted by atomic mass is 16.2. The summed E-state index contributed by atoms with van der Waals surface area (Å²) < 4.78 is 3.62. The highest BCUT2D eigenvalue weighted by Gasteiger charge is 2.33. The van der Waals surface area contributed by atoms with E-state index in [9.17, 15) is 9.59 Å². The summed E-state index contributed by atoms with van der Waals surface area (Å²) in [5.74, 6) is -0.553. The van der Waals surface area contributed by atoms with Gasteiger partial charge in [-0.3, -0.25) is 24.3 Å². The molecule has 1 aliphatic rings. The van der Waals surface area contributed by atoms with Crippen molar-refractivity contribution in [1.82, 2.24) is 34.7 Å². The highest BCUT2D eigenvalue weighted by molar-refractivity contribution is 5.97. The van der Waals surface area contributed by atoms with Crippen molar-refractivity contribution < 1.29 is 9.59 Å². The Morgan fingerprint density at radius 3 is 2.93 bits per heavy atom. The fraction of sp³-hybridized carbons (Fsp3) is 0.375. The summed E-state index contributed by atoms with van der Waals surface area (Å²) in [5.41, 5.74) is 6.85. The first-order chi connectivity index (χ1) is 13.0. The van der Waals surface area contributed by atoms with E-state index in [1.54, 1.807) is 22.8 Å². The Bertz CT molecular complexity index is 1010. The minimum absolute atomic E-state index is 0.127. The number of anilines is 1. The Hall–Kier alpha value is -3.50. The molecular weight excluding hydrogens is 350 g/mol. The summed E-state index contributed by atoms with van der Waals surface area (Å²) in [6.07, 6.45) is 4.15. The molecule has 1 aliphatic heterocycles. The number of nitrogens with one attached hydrogen (secondary N) is 1. The lowest BCUT2D eigenvalue weighted by atomic mass is 10.0. The molecule has 4 rings (SSSR count). The third-order valence-electron chi connectivity index (χ3n) is 4.67. The van der Waals surface area contributed by atoms with E-state index in [2.05, 4.69) is 25.4 Å². The van der Waals surface area contributed by atoms with Gasteiger partial charge in [0.15, 0.2) is 0 Å². The third-order valence-corrected chi connectivity index (χ3v) is 4.67. The van der Waals surface area contributed by atoms with E-state index >= 15 is 0 Å². The minimum Gasteiger partial charge on any atom is -0.363 e. The lowest BCUT2D eigenvalue weighted by Gasteiger charge is -2.17. The van der Waals surface area contributed by atoms with Crippen LogP contribution in [-0.2, 0) is 17.9 Å². The van der Waals surface area contributed by atoms with Crippen molar-refractivity contribution in [3.8, 4) is 11.3 Å². The number of hydrogen-bond acceptors (Lipinski definition) is 6. The predicted molar refractivity (Wildman–Crippen MR) is 94.8 cm³/mol. The molecule has 0 spiro atoms. The Balaban J connectivity index is 1.63. The van der Waals surface area contributed by atoms with Gasteiger partial charge in [-0.2, -0.15) is 10.2 Å². The fourth-order valence-corrected chi connectivity index (χ4v) is 3.17. The number of nitrogens with zero attached hydrogens (tertiary/aromatic N) is 7. The normalized spacial score (nSPS) is 17.0. The summed E-state index contributed by atoms with van der Waals surface area (Å²) >= 11 is 0. The topological polar surface area (TPSA) is 141 Å². The van der Waals surface area contributed by atoms with Crippen molar-refractivity contribution in [3.63, 3.8) is 0 Å². The number of aryl methyl sites for hydroxylation is 2. The maximum absolute atomic E-state index is 12.9. The second-order valence-electron chi connectivity index (χ2n) is 6.34. The van der Waals surface area contributed by atoms with E-state index in [4.69, 9.17) is 5.73 Å². The SMILES string of the molecule is CCn1cc(-c2cc3n(n2)CCC(c2nc(C(N)=O)n[nH]2)C(=O)N3C)cn1. The molecule has 4 heterocycles. The van der Waals surface area contributed by atoms with E-state index in [1.807, 2.05) is 23.9 Å². The van der Waals surface area contributed by atoms with Crippen LogP contribution >= 0.6 is 0 Å². The van der Waals surface area contributed by atoms with Crippen LogP contribution in [0.25, 0.3) is 11.3 Å². The maximum Gasteiger partial charge on any atom is 0.288 e. The number of carbonyl (C=O) groups is 2. The zero-order valence-corrected chi connectivity index (χ0v) is 15.0. The van der Waals surface area contributed by atoms with Gasteiger partial charge in [-0.1, -0.05) is 0 Å². The molecule has 1 unspecified atom stereocenters. The molecular formula is C16H19N9O2. The molecule has 0 aliphatic carbocycles. The number of likely N-dealkylation sites (N-methyl/N-ethyl adjacent to an activating group) is 1. The summed E-state index contributed by atoms with van der Waals surface area (Å²) in [4.78, 5) is 29.8. The van der Waals surface area contributed by atoms with Gasteiger partial charge in [0.1, 0.15) is 11.6 Å². The molecule has 3 aromatic rings. The fourth-order valence-electron chi connectivity index (χ4n) is 3.17. The van der Waals surface area contributed by atoms with Crippen LogP contribution in [-0.4, -0.2) is 53.6 Å². The van der Waals surface area contributed by atoms with Crippen molar-refractivity contribution in [2.24, 2.45) is 5.73 Å². The lowest BCUT2D eigenvalue weighted by Crippen LogP contribution is -2.31. The van der Waals surface area contributed by atoms with Gasteiger partial charge in [0.2, 0.25) is 11.7 Å². The standard InChI is InChI=1S/C16H19N9O2/c1-3-24-8-9(7-18-24)11-6-12-23(2)16(27)10(4-5-25(12)22-11)14-19-15(13(17)26)21-20-14/h6-8,10H,3-5H2,1-2H3,(H2,17,26)(H,19,20,21). The summed E-state index contributed by atoms with van der Waals surface area (Å²) in [6.45, 7) is 3.31.